The Hall–Kier alpha value is -2.43. The quantitative estimate of drug-likeness (QED) is 0.808. The summed E-state index contributed by atoms with van der Waals surface area (Å²) >= 11 is 0. The summed E-state index contributed by atoms with van der Waals surface area (Å²) in [5, 5.41) is 0. The number of aryl methyl sites for hydroxylation is 1. The molecule has 2 rings (SSSR count). The van der Waals surface area contributed by atoms with Gasteiger partial charge < -0.3 is 9.47 Å². The first-order valence-corrected chi connectivity index (χ1v) is 6.71. The van der Waals surface area contributed by atoms with Crippen molar-refractivity contribution < 1.29 is 14.3 Å². The van der Waals surface area contributed by atoms with Gasteiger partial charge in [0.25, 0.3) is 0 Å². The second-order valence-corrected chi connectivity index (χ2v) is 5.00. The Morgan fingerprint density at radius 2 is 1.81 bits per heavy atom. The highest BCUT2D eigenvalue weighted by Gasteiger charge is 2.12. The average molecular weight is 286 g/mol. The van der Waals surface area contributed by atoms with Crippen LogP contribution in [0.4, 0.5) is 0 Å². The zero-order valence-corrected chi connectivity index (χ0v) is 12.6. The minimum Gasteiger partial charge on any atom is -0.467 e. The molecule has 0 spiro atoms. The summed E-state index contributed by atoms with van der Waals surface area (Å²) < 4.78 is 10.2. The summed E-state index contributed by atoms with van der Waals surface area (Å²) in [4.78, 5) is 20.1. The fraction of sp³-hybridized carbons (Fsp3) is 0.312. The van der Waals surface area contributed by atoms with Gasteiger partial charge in [0.2, 0.25) is 5.88 Å². The standard InChI is InChI=1S/C16H18N2O3/c1-10(2)12-5-7-13(8-6-12)15(19)21-14-9-11(3)17-16(18-14)20-4/h5-10H,1-4H3. The van der Waals surface area contributed by atoms with E-state index in [4.69, 9.17) is 9.47 Å². The minimum absolute atomic E-state index is 0.174. The van der Waals surface area contributed by atoms with Crippen LogP contribution in [-0.4, -0.2) is 23.0 Å². The monoisotopic (exact) mass is 286 g/mol. The van der Waals surface area contributed by atoms with Crippen molar-refractivity contribution in [2.45, 2.75) is 26.7 Å². The molecule has 5 heteroatoms. The minimum atomic E-state index is -0.453. The van der Waals surface area contributed by atoms with Crippen molar-refractivity contribution in [2.24, 2.45) is 0 Å². The topological polar surface area (TPSA) is 61.3 Å². The SMILES string of the molecule is COc1nc(C)cc(OC(=O)c2ccc(C(C)C)cc2)n1. The predicted octanol–water partition coefficient (Wildman–Crippen LogP) is 3.14. The maximum atomic E-state index is 12.1. The van der Waals surface area contributed by atoms with Gasteiger partial charge in [-0.15, -0.1) is 0 Å². The molecule has 1 heterocycles. The molecule has 0 aliphatic rings. The van der Waals surface area contributed by atoms with Crippen molar-refractivity contribution in [2.75, 3.05) is 7.11 Å². The van der Waals surface area contributed by atoms with Gasteiger partial charge in [-0.3, -0.25) is 0 Å². The highest BCUT2D eigenvalue weighted by atomic mass is 16.5. The van der Waals surface area contributed by atoms with Gasteiger partial charge in [-0.1, -0.05) is 26.0 Å². The molecule has 1 aromatic carbocycles. The number of carbonyl (C=O) groups excluding carboxylic acids is 1. The summed E-state index contributed by atoms with van der Waals surface area (Å²) in [6.07, 6.45) is 0. The summed E-state index contributed by atoms with van der Waals surface area (Å²) in [5.74, 6) is 0.145. The fourth-order valence-electron chi connectivity index (χ4n) is 1.81. The van der Waals surface area contributed by atoms with E-state index in [1.165, 1.54) is 12.7 Å². The lowest BCUT2D eigenvalue weighted by molar-refractivity contribution is 0.0726. The van der Waals surface area contributed by atoms with Crippen LogP contribution >= 0.6 is 0 Å². The Labute approximate surface area is 124 Å². The maximum Gasteiger partial charge on any atom is 0.344 e. The number of benzene rings is 1. The van der Waals surface area contributed by atoms with E-state index in [1.54, 1.807) is 25.1 Å². The molecular weight excluding hydrogens is 268 g/mol. The molecule has 5 nitrogen and oxygen atoms in total. The van der Waals surface area contributed by atoms with E-state index < -0.39 is 5.97 Å². The molecule has 0 radical (unpaired) electrons. The van der Waals surface area contributed by atoms with Crippen molar-refractivity contribution >= 4 is 5.97 Å². The Morgan fingerprint density at radius 3 is 2.38 bits per heavy atom. The van der Waals surface area contributed by atoms with E-state index in [0.29, 0.717) is 17.2 Å². The van der Waals surface area contributed by atoms with Gasteiger partial charge in [-0.2, -0.15) is 4.98 Å². The van der Waals surface area contributed by atoms with Crippen LogP contribution in [0.2, 0.25) is 0 Å². The number of aromatic nitrogens is 2. The Morgan fingerprint density at radius 1 is 1.14 bits per heavy atom. The van der Waals surface area contributed by atoms with Gasteiger partial charge in [0, 0.05) is 11.8 Å². The first-order chi connectivity index (χ1) is 9.99. The molecular formula is C16H18N2O3. The second-order valence-electron chi connectivity index (χ2n) is 5.00. The van der Waals surface area contributed by atoms with E-state index in [2.05, 4.69) is 23.8 Å². The number of hydrogen-bond donors (Lipinski definition) is 0. The smallest absolute Gasteiger partial charge is 0.344 e. The summed E-state index contributed by atoms with van der Waals surface area (Å²) in [7, 11) is 1.46. The molecule has 0 fully saturated rings. The zero-order chi connectivity index (χ0) is 15.4. The number of rotatable bonds is 4. The number of nitrogens with zero attached hydrogens (tertiary/aromatic N) is 2. The molecule has 0 N–H and O–H groups in total. The van der Waals surface area contributed by atoms with Crippen molar-refractivity contribution in [1.82, 2.24) is 9.97 Å². The number of ether oxygens (including phenoxy) is 2. The van der Waals surface area contributed by atoms with E-state index in [9.17, 15) is 4.79 Å². The normalized spacial score (nSPS) is 10.5. The van der Waals surface area contributed by atoms with Crippen LogP contribution in [-0.2, 0) is 0 Å². The van der Waals surface area contributed by atoms with E-state index in [1.807, 2.05) is 12.1 Å². The molecule has 21 heavy (non-hydrogen) atoms. The summed E-state index contributed by atoms with van der Waals surface area (Å²) in [5.41, 5.74) is 2.32. The van der Waals surface area contributed by atoms with Crippen LogP contribution in [0.5, 0.6) is 11.9 Å². The van der Waals surface area contributed by atoms with Crippen LogP contribution in [0.1, 0.15) is 41.4 Å². The lowest BCUT2D eigenvalue weighted by Crippen LogP contribution is -2.10. The fourth-order valence-corrected chi connectivity index (χ4v) is 1.81. The van der Waals surface area contributed by atoms with Gasteiger partial charge in [0.05, 0.1) is 12.7 Å². The number of esters is 1. The van der Waals surface area contributed by atoms with Crippen molar-refractivity contribution in [3.63, 3.8) is 0 Å². The van der Waals surface area contributed by atoms with Crippen LogP contribution in [0.15, 0.2) is 30.3 Å². The molecule has 0 unspecified atom stereocenters. The van der Waals surface area contributed by atoms with Crippen LogP contribution in [0, 0.1) is 6.92 Å². The van der Waals surface area contributed by atoms with Crippen LogP contribution in [0.25, 0.3) is 0 Å². The first kappa shape index (κ1) is 15.0. The van der Waals surface area contributed by atoms with Crippen LogP contribution in [0.3, 0.4) is 0 Å². The molecule has 0 aliphatic carbocycles. The van der Waals surface area contributed by atoms with Crippen molar-refractivity contribution in [3.05, 3.63) is 47.2 Å². The molecule has 0 atom stereocenters. The molecule has 1 aromatic heterocycles. The Balaban J connectivity index is 2.15. The largest absolute Gasteiger partial charge is 0.467 e. The van der Waals surface area contributed by atoms with Gasteiger partial charge >= 0.3 is 12.0 Å². The van der Waals surface area contributed by atoms with Crippen molar-refractivity contribution in [3.8, 4) is 11.9 Å². The van der Waals surface area contributed by atoms with Crippen LogP contribution < -0.4 is 9.47 Å². The Bertz CT molecular complexity index is 636. The Kier molecular flexibility index (Phi) is 4.52. The maximum absolute atomic E-state index is 12.1. The molecule has 0 amide bonds. The van der Waals surface area contributed by atoms with Crippen molar-refractivity contribution in [1.29, 1.82) is 0 Å². The first-order valence-electron chi connectivity index (χ1n) is 6.71. The third-order valence-electron chi connectivity index (χ3n) is 3.00. The van der Waals surface area contributed by atoms with Gasteiger partial charge in [0.15, 0.2) is 0 Å². The van der Waals surface area contributed by atoms with E-state index >= 15 is 0 Å². The second kappa shape index (κ2) is 6.35. The molecule has 2 aromatic rings. The summed E-state index contributed by atoms with van der Waals surface area (Å²) in [6.45, 7) is 5.98. The molecule has 0 saturated heterocycles. The number of carbonyl (C=O) groups is 1. The molecule has 0 bridgehead atoms. The van der Waals surface area contributed by atoms with E-state index in [-0.39, 0.29) is 11.9 Å². The third-order valence-corrected chi connectivity index (χ3v) is 3.00. The predicted molar refractivity (Wildman–Crippen MR) is 78.8 cm³/mol. The molecule has 0 aliphatic heterocycles. The lowest BCUT2D eigenvalue weighted by atomic mass is 10.0. The van der Waals surface area contributed by atoms with Gasteiger partial charge in [0.1, 0.15) is 0 Å². The third kappa shape index (κ3) is 3.78. The lowest BCUT2D eigenvalue weighted by Gasteiger charge is -2.08. The highest BCUT2D eigenvalue weighted by Crippen LogP contribution is 2.17. The average Bonchev–Trinajstić information content (AvgIpc) is 2.46. The van der Waals surface area contributed by atoms with E-state index in [0.717, 1.165) is 0 Å². The van der Waals surface area contributed by atoms with Gasteiger partial charge in [-0.25, -0.2) is 9.78 Å². The number of methoxy groups -OCH3 is 1. The molecule has 0 saturated carbocycles. The summed E-state index contributed by atoms with van der Waals surface area (Å²) in [6, 6.07) is 9.11. The molecule has 110 valence electrons. The zero-order valence-electron chi connectivity index (χ0n) is 12.6. The van der Waals surface area contributed by atoms with Gasteiger partial charge in [-0.05, 0) is 30.5 Å². The number of hydrogen-bond acceptors (Lipinski definition) is 5. The highest BCUT2D eigenvalue weighted by molar-refractivity contribution is 5.90.